The van der Waals surface area contributed by atoms with Crippen LogP contribution in [0, 0.1) is 10.1 Å². The number of rotatable bonds is 9. The number of nitrogens with one attached hydrogen (secondary N) is 1. The Kier molecular flexibility index (Phi) is 7.94. The van der Waals surface area contributed by atoms with Gasteiger partial charge in [-0.2, -0.15) is 0 Å². The van der Waals surface area contributed by atoms with Crippen molar-refractivity contribution in [2.24, 2.45) is 0 Å². The van der Waals surface area contributed by atoms with E-state index in [0.717, 1.165) is 4.88 Å². The second-order valence-corrected chi connectivity index (χ2v) is 9.72. The molecule has 0 bridgehead atoms. The molecule has 37 heavy (non-hydrogen) atoms. The topological polar surface area (TPSA) is 137 Å². The number of nitro groups is 1. The molecular formula is C26H28N2O8S. The highest BCUT2D eigenvalue weighted by Gasteiger charge is 2.42. The van der Waals surface area contributed by atoms with Crippen LogP contribution in [0.25, 0.3) is 0 Å². The van der Waals surface area contributed by atoms with E-state index >= 15 is 0 Å². The predicted molar refractivity (Wildman–Crippen MR) is 136 cm³/mol. The first-order valence-corrected chi connectivity index (χ1v) is 12.7. The molecule has 0 radical (unpaired) electrons. The summed E-state index contributed by atoms with van der Waals surface area (Å²) in [6, 6.07) is 6.57. The van der Waals surface area contributed by atoms with Gasteiger partial charge in [0.15, 0.2) is 11.5 Å². The number of phenols is 1. The molecule has 1 aromatic heterocycles. The van der Waals surface area contributed by atoms with Crippen LogP contribution in [0.2, 0.25) is 0 Å². The maximum atomic E-state index is 13.6. The van der Waals surface area contributed by atoms with E-state index in [0.29, 0.717) is 23.4 Å². The van der Waals surface area contributed by atoms with Gasteiger partial charge in [0.05, 0.1) is 23.7 Å². The Bertz CT molecular complexity index is 1280. The number of Topliss-reactive ketones (excluding diaryl/α,β-unsaturated/α-hetero) is 1. The molecule has 2 N–H and O–H groups in total. The number of carbonyl (C=O) groups is 2. The molecule has 1 aromatic carbocycles. The van der Waals surface area contributed by atoms with Crippen LogP contribution in [0.3, 0.4) is 0 Å². The molecule has 196 valence electrons. The van der Waals surface area contributed by atoms with Crippen LogP contribution in [-0.2, 0) is 19.1 Å². The van der Waals surface area contributed by atoms with E-state index in [1.165, 1.54) is 19.2 Å². The summed E-state index contributed by atoms with van der Waals surface area (Å²) in [4.78, 5) is 39.1. The van der Waals surface area contributed by atoms with Gasteiger partial charge in [0.2, 0.25) is 5.75 Å². The number of phenolic OH excluding ortho intramolecular Hbond substituents is 1. The van der Waals surface area contributed by atoms with Crippen LogP contribution in [0.15, 0.2) is 52.2 Å². The Morgan fingerprint density at radius 3 is 2.73 bits per heavy atom. The molecule has 2 aromatic rings. The summed E-state index contributed by atoms with van der Waals surface area (Å²) in [5, 5.41) is 27.4. The van der Waals surface area contributed by atoms with Gasteiger partial charge in [-0.15, -0.1) is 11.3 Å². The molecule has 2 atom stereocenters. The monoisotopic (exact) mass is 528 g/mol. The largest absolute Gasteiger partial charge is 0.500 e. The van der Waals surface area contributed by atoms with Crippen molar-refractivity contribution in [2.75, 3.05) is 26.9 Å². The zero-order valence-corrected chi connectivity index (χ0v) is 21.6. The normalized spacial score (nSPS) is 19.4. The molecule has 0 unspecified atom stereocenters. The molecule has 0 amide bonds. The molecule has 4 rings (SSSR count). The minimum Gasteiger partial charge on any atom is -0.500 e. The van der Waals surface area contributed by atoms with Crippen molar-refractivity contribution in [1.29, 1.82) is 0 Å². The van der Waals surface area contributed by atoms with Crippen molar-refractivity contribution in [3.05, 3.63) is 72.7 Å². The number of nitrogens with zero attached hydrogens (tertiary/aromatic N) is 1. The van der Waals surface area contributed by atoms with Crippen molar-refractivity contribution in [3.63, 3.8) is 0 Å². The number of carbonyl (C=O) groups excluding carboxylic acids is 2. The number of aromatic hydroxyl groups is 1. The number of allylic oxidation sites excluding steroid dienone is 3. The Balaban J connectivity index is 1.87. The van der Waals surface area contributed by atoms with Gasteiger partial charge in [-0.05, 0) is 43.3 Å². The van der Waals surface area contributed by atoms with Gasteiger partial charge in [-0.25, -0.2) is 4.79 Å². The van der Waals surface area contributed by atoms with E-state index in [1.807, 2.05) is 17.5 Å². The smallest absolute Gasteiger partial charge is 0.336 e. The van der Waals surface area contributed by atoms with Gasteiger partial charge in [-0.1, -0.05) is 6.07 Å². The van der Waals surface area contributed by atoms with Crippen LogP contribution in [0.5, 0.6) is 11.5 Å². The molecule has 2 aliphatic rings. The number of dihydropyridines is 1. The van der Waals surface area contributed by atoms with E-state index < -0.39 is 28.2 Å². The average molecular weight is 529 g/mol. The SMILES string of the molecule is CCOc1cc([C@@H]2C(C(=O)OCCOC)=C(C)NC3=C2C(=O)C[C@@H](c2cccs2)C3)cc([N+](=O)[O-])c1O. The standard InChI is InChI=1S/C26H28N2O8S/c1-4-35-20-13-16(11-18(25(20)30)28(32)33)23-22(26(31)36-8-7-34-3)14(2)27-17-10-15(12-19(29)24(17)23)21-6-5-9-37-21/h5-6,9,11,13,15,23,27,30H,4,7-8,10,12H2,1-3H3/t15-,23+/m0/s1. The maximum absolute atomic E-state index is 13.6. The second-order valence-electron chi connectivity index (χ2n) is 8.74. The van der Waals surface area contributed by atoms with Gasteiger partial charge in [0.1, 0.15) is 6.61 Å². The summed E-state index contributed by atoms with van der Waals surface area (Å²) >= 11 is 1.58. The first kappa shape index (κ1) is 26.4. The van der Waals surface area contributed by atoms with Crippen molar-refractivity contribution in [2.45, 2.75) is 38.5 Å². The predicted octanol–water partition coefficient (Wildman–Crippen LogP) is 4.31. The summed E-state index contributed by atoms with van der Waals surface area (Å²) < 4.78 is 15.9. The van der Waals surface area contributed by atoms with E-state index in [1.54, 1.807) is 25.2 Å². The molecule has 10 nitrogen and oxygen atoms in total. The summed E-state index contributed by atoms with van der Waals surface area (Å²) in [6.45, 7) is 3.72. The molecular weight excluding hydrogens is 500 g/mol. The lowest BCUT2D eigenvalue weighted by atomic mass is 9.72. The van der Waals surface area contributed by atoms with Crippen LogP contribution >= 0.6 is 11.3 Å². The fourth-order valence-electron chi connectivity index (χ4n) is 4.85. The first-order valence-electron chi connectivity index (χ1n) is 11.8. The van der Waals surface area contributed by atoms with Crippen LogP contribution in [0.1, 0.15) is 49.0 Å². The number of benzene rings is 1. The van der Waals surface area contributed by atoms with Crippen molar-refractivity contribution in [3.8, 4) is 11.5 Å². The quantitative estimate of drug-likeness (QED) is 0.211. The number of hydrogen-bond acceptors (Lipinski definition) is 10. The Hall–Kier alpha value is -3.70. The molecule has 1 aliphatic heterocycles. The summed E-state index contributed by atoms with van der Waals surface area (Å²) in [5.74, 6) is -2.51. The molecule has 0 fully saturated rings. The molecule has 0 saturated heterocycles. The molecule has 2 heterocycles. The summed E-state index contributed by atoms with van der Waals surface area (Å²) in [5.41, 5.74) is 1.38. The molecule has 0 spiro atoms. The lowest BCUT2D eigenvalue weighted by Crippen LogP contribution is -2.36. The highest BCUT2D eigenvalue weighted by atomic mass is 32.1. The maximum Gasteiger partial charge on any atom is 0.336 e. The number of thiophene rings is 1. The fraction of sp³-hybridized carbons (Fsp3) is 0.385. The highest BCUT2D eigenvalue weighted by molar-refractivity contribution is 7.10. The van der Waals surface area contributed by atoms with Crippen molar-refractivity contribution < 1.29 is 33.8 Å². The van der Waals surface area contributed by atoms with Crippen LogP contribution in [0.4, 0.5) is 5.69 Å². The lowest BCUT2D eigenvalue weighted by molar-refractivity contribution is -0.386. The van der Waals surface area contributed by atoms with E-state index in [2.05, 4.69) is 5.32 Å². The minimum absolute atomic E-state index is 0.000935. The van der Waals surface area contributed by atoms with Gasteiger partial charge in [-0.3, -0.25) is 14.9 Å². The van der Waals surface area contributed by atoms with Crippen molar-refractivity contribution >= 4 is 28.8 Å². The zero-order chi connectivity index (χ0) is 26.7. The van der Waals surface area contributed by atoms with Gasteiger partial charge < -0.3 is 24.6 Å². The van der Waals surface area contributed by atoms with Crippen LogP contribution < -0.4 is 10.1 Å². The van der Waals surface area contributed by atoms with E-state index in [4.69, 9.17) is 14.2 Å². The number of hydrogen-bond donors (Lipinski definition) is 2. The highest BCUT2D eigenvalue weighted by Crippen LogP contribution is 2.49. The summed E-state index contributed by atoms with van der Waals surface area (Å²) in [6.07, 6.45) is 0.779. The second kappa shape index (κ2) is 11.1. The van der Waals surface area contributed by atoms with Crippen molar-refractivity contribution in [1.82, 2.24) is 5.32 Å². The van der Waals surface area contributed by atoms with E-state index in [-0.39, 0.29) is 54.8 Å². The number of nitro benzene ring substituents is 1. The Morgan fingerprint density at radius 1 is 1.30 bits per heavy atom. The van der Waals surface area contributed by atoms with Gasteiger partial charge in [0.25, 0.3) is 0 Å². The number of esters is 1. The molecule has 1 aliphatic carbocycles. The lowest BCUT2D eigenvalue weighted by Gasteiger charge is -2.36. The Morgan fingerprint density at radius 2 is 2.08 bits per heavy atom. The molecule has 11 heteroatoms. The minimum atomic E-state index is -0.943. The van der Waals surface area contributed by atoms with Crippen LogP contribution in [-0.4, -0.2) is 48.7 Å². The number of ether oxygens (including phenoxy) is 3. The van der Waals surface area contributed by atoms with Gasteiger partial charge in [0, 0.05) is 53.3 Å². The summed E-state index contributed by atoms with van der Waals surface area (Å²) in [7, 11) is 1.48. The molecule has 0 saturated carbocycles. The third kappa shape index (κ3) is 5.23. The van der Waals surface area contributed by atoms with E-state index in [9.17, 15) is 24.8 Å². The zero-order valence-electron chi connectivity index (χ0n) is 20.7. The first-order chi connectivity index (χ1) is 17.8. The third-order valence-electron chi connectivity index (χ3n) is 6.42. The Labute approximate surface area is 217 Å². The number of methoxy groups -OCH3 is 1. The third-order valence-corrected chi connectivity index (χ3v) is 7.46. The number of ketones is 1. The average Bonchev–Trinajstić information content (AvgIpc) is 3.39. The van der Waals surface area contributed by atoms with Gasteiger partial charge >= 0.3 is 11.7 Å². The fourth-order valence-corrected chi connectivity index (χ4v) is 5.68.